The fourth-order valence-electron chi connectivity index (χ4n) is 2.05. The van der Waals surface area contributed by atoms with E-state index in [0.29, 0.717) is 11.5 Å². The predicted octanol–water partition coefficient (Wildman–Crippen LogP) is 4.96. The molecule has 0 heterocycles. The number of hydrogen-bond donors (Lipinski definition) is 0. The molecule has 0 spiro atoms. The highest BCUT2D eigenvalue weighted by atomic mass is 16.7. The molecular weight excluding hydrogens is 338 g/mol. The molecule has 0 bridgehead atoms. The molecule has 0 aliphatic rings. The first-order chi connectivity index (χ1) is 12.6. The SMILES string of the molecule is O=C(Oc1ccc(Oc2ccccc2)cc1)Oc1ccc([N+](=O)[O-])cc1. The van der Waals surface area contributed by atoms with Gasteiger partial charge in [0.1, 0.15) is 23.0 Å². The Bertz CT molecular complexity index is 892. The van der Waals surface area contributed by atoms with Crippen molar-refractivity contribution < 1.29 is 23.9 Å². The summed E-state index contributed by atoms with van der Waals surface area (Å²) in [6, 6.07) is 20.8. The largest absolute Gasteiger partial charge is 0.519 e. The Kier molecular flexibility index (Phi) is 5.09. The van der Waals surface area contributed by atoms with Crippen LogP contribution in [0.1, 0.15) is 0 Å². The Morgan fingerprint density at radius 1 is 0.692 bits per heavy atom. The van der Waals surface area contributed by atoms with Crippen LogP contribution in [0.2, 0.25) is 0 Å². The molecule has 0 atom stereocenters. The van der Waals surface area contributed by atoms with Gasteiger partial charge in [-0.15, -0.1) is 0 Å². The number of benzene rings is 3. The van der Waals surface area contributed by atoms with Gasteiger partial charge in [0.2, 0.25) is 0 Å². The summed E-state index contributed by atoms with van der Waals surface area (Å²) in [5.41, 5.74) is -0.0975. The van der Waals surface area contributed by atoms with Crippen molar-refractivity contribution in [1.82, 2.24) is 0 Å². The summed E-state index contributed by atoms with van der Waals surface area (Å²) >= 11 is 0. The molecule has 0 aliphatic heterocycles. The lowest BCUT2D eigenvalue weighted by molar-refractivity contribution is -0.384. The zero-order valence-corrected chi connectivity index (χ0v) is 13.4. The van der Waals surface area contributed by atoms with Crippen LogP contribution in [0.4, 0.5) is 10.5 Å². The lowest BCUT2D eigenvalue weighted by atomic mass is 10.3. The maximum Gasteiger partial charge on any atom is 0.519 e. The highest BCUT2D eigenvalue weighted by Gasteiger charge is 2.10. The Hall–Kier alpha value is -3.87. The quantitative estimate of drug-likeness (QED) is 0.279. The van der Waals surface area contributed by atoms with E-state index in [-0.39, 0.29) is 17.2 Å². The normalized spacial score (nSPS) is 10.0. The van der Waals surface area contributed by atoms with E-state index in [0.717, 1.165) is 0 Å². The number of ether oxygens (including phenoxy) is 3. The van der Waals surface area contributed by atoms with E-state index >= 15 is 0 Å². The summed E-state index contributed by atoms with van der Waals surface area (Å²) in [5.74, 6) is 1.70. The molecule has 0 aromatic heterocycles. The molecular formula is C19H13NO6. The van der Waals surface area contributed by atoms with Gasteiger partial charge in [0.05, 0.1) is 4.92 Å². The van der Waals surface area contributed by atoms with Crippen molar-refractivity contribution in [3.8, 4) is 23.0 Å². The molecule has 3 rings (SSSR count). The first-order valence-electron chi connectivity index (χ1n) is 7.57. The summed E-state index contributed by atoms with van der Waals surface area (Å²) in [5, 5.41) is 10.6. The molecule has 7 nitrogen and oxygen atoms in total. The van der Waals surface area contributed by atoms with Gasteiger partial charge >= 0.3 is 6.16 Å². The van der Waals surface area contributed by atoms with E-state index in [4.69, 9.17) is 14.2 Å². The molecule has 0 fully saturated rings. The molecule has 3 aromatic carbocycles. The summed E-state index contributed by atoms with van der Waals surface area (Å²) in [6.45, 7) is 0. The molecule has 0 saturated carbocycles. The number of carbonyl (C=O) groups excluding carboxylic acids is 1. The maximum absolute atomic E-state index is 11.8. The first kappa shape index (κ1) is 17.0. The minimum atomic E-state index is -0.949. The van der Waals surface area contributed by atoms with Crippen molar-refractivity contribution >= 4 is 11.8 Å². The predicted molar refractivity (Wildman–Crippen MR) is 92.7 cm³/mol. The zero-order valence-electron chi connectivity index (χ0n) is 13.4. The van der Waals surface area contributed by atoms with E-state index in [1.54, 1.807) is 24.3 Å². The van der Waals surface area contributed by atoms with Crippen LogP contribution in [-0.4, -0.2) is 11.1 Å². The van der Waals surface area contributed by atoms with Crippen LogP contribution in [0, 0.1) is 10.1 Å². The lowest BCUT2D eigenvalue weighted by Crippen LogP contribution is -2.13. The minimum Gasteiger partial charge on any atom is -0.457 e. The Labute approximate surface area is 148 Å². The number of carbonyl (C=O) groups is 1. The van der Waals surface area contributed by atoms with Crippen molar-refractivity contribution in [2.45, 2.75) is 0 Å². The standard InChI is InChI=1S/C19H13NO6/c21-19(25-17-8-6-14(7-9-17)20(22)23)26-18-12-10-16(11-13-18)24-15-4-2-1-3-5-15/h1-13H. The smallest absolute Gasteiger partial charge is 0.457 e. The van der Waals surface area contributed by atoms with Crippen molar-refractivity contribution in [2.24, 2.45) is 0 Å². The number of nitro benzene ring substituents is 1. The Morgan fingerprint density at radius 3 is 1.69 bits per heavy atom. The number of para-hydroxylation sites is 1. The fraction of sp³-hybridized carbons (Fsp3) is 0. The van der Waals surface area contributed by atoms with Crippen LogP contribution in [0.15, 0.2) is 78.9 Å². The van der Waals surface area contributed by atoms with Crippen LogP contribution < -0.4 is 14.2 Å². The number of nitrogens with zero attached hydrogens (tertiary/aromatic N) is 1. The molecule has 7 heteroatoms. The van der Waals surface area contributed by atoms with Crippen LogP contribution in [0.5, 0.6) is 23.0 Å². The number of non-ortho nitro benzene ring substituents is 1. The number of nitro groups is 1. The van der Waals surface area contributed by atoms with Gasteiger partial charge in [0, 0.05) is 12.1 Å². The van der Waals surface area contributed by atoms with Gasteiger partial charge in [0.15, 0.2) is 0 Å². The highest BCUT2D eigenvalue weighted by Crippen LogP contribution is 2.24. The second-order valence-corrected chi connectivity index (χ2v) is 5.09. The third-order valence-electron chi connectivity index (χ3n) is 3.25. The lowest BCUT2D eigenvalue weighted by Gasteiger charge is -2.07. The molecule has 0 unspecified atom stereocenters. The minimum absolute atomic E-state index is 0.0975. The van der Waals surface area contributed by atoms with E-state index in [1.165, 1.54) is 24.3 Å². The van der Waals surface area contributed by atoms with Crippen molar-refractivity contribution in [3.05, 3.63) is 89.0 Å². The molecule has 0 radical (unpaired) electrons. The summed E-state index contributed by atoms with van der Waals surface area (Å²) in [6.07, 6.45) is -0.949. The van der Waals surface area contributed by atoms with Crippen molar-refractivity contribution in [1.29, 1.82) is 0 Å². The van der Waals surface area contributed by atoms with Gasteiger partial charge in [-0.25, -0.2) is 4.79 Å². The second-order valence-electron chi connectivity index (χ2n) is 5.09. The highest BCUT2D eigenvalue weighted by molar-refractivity contribution is 5.67. The van der Waals surface area contributed by atoms with E-state index in [9.17, 15) is 14.9 Å². The van der Waals surface area contributed by atoms with Crippen LogP contribution >= 0.6 is 0 Å². The number of hydrogen-bond acceptors (Lipinski definition) is 6. The van der Waals surface area contributed by atoms with Gasteiger partial charge in [-0.05, 0) is 48.5 Å². The average Bonchev–Trinajstić information content (AvgIpc) is 2.64. The van der Waals surface area contributed by atoms with Crippen molar-refractivity contribution in [3.63, 3.8) is 0 Å². The van der Waals surface area contributed by atoms with Gasteiger partial charge in [-0.2, -0.15) is 0 Å². The van der Waals surface area contributed by atoms with Crippen LogP contribution in [0.25, 0.3) is 0 Å². The van der Waals surface area contributed by atoms with E-state index in [1.807, 2.05) is 30.3 Å². The molecule has 0 N–H and O–H groups in total. The average molecular weight is 351 g/mol. The monoisotopic (exact) mass is 351 g/mol. The molecule has 3 aromatic rings. The van der Waals surface area contributed by atoms with Gasteiger partial charge in [-0.3, -0.25) is 10.1 Å². The molecule has 130 valence electrons. The summed E-state index contributed by atoms with van der Waals surface area (Å²) in [7, 11) is 0. The van der Waals surface area contributed by atoms with Crippen LogP contribution in [0.3, 0.4) is 0 Å². The van der Waals surface area contributed by atoms with Gasteiger partial charge in [0.25, 0.3) is 5.69 Å². The van der Waals surface area contributed by atoms with E-state index < -0.39 is 11.1 Å². The van der Waals surface area contributed by atoms with Gasteiger partial charge in [-0.1, -0.05) is 18.2 Å². The zero-order chi connectivity index (χ0) is 18.4. The fourth-order valence-corrected chi connectivity index (χ4v) is 2.05. The van der Waals surface area contributed by atoms with Crippen molar-refractivity contribution in [2.75, 3.05) is 0 Å². The molecule has 26 heavy (non-hydrogen) atoms. The molecule has 0 aliphatic carbocycles. The summed E-state index contributed by atoms with van der Waals surface area (Å²) < 4.78 is 15.7. The van der Waals surface area contributed by atoms with Gasteiger partial charge < -0.3 is 14.2 Å². The molecule has 0 amide bonds. The summed E-state index contributed by atoms with van der Waals surface area (Å²) in [4.78, 5) is 21.8. The third kappa shape index (κ3) is 4.57. The first-order valence-corrected chi connectivity index (χ1v) is 7.57. The maximum atomic E-state index is 11.8. The van der Waals surface area contributed by atoms with E-state index in [2.05, 4.69) is 0 Å². The third-order valence-corrected chi connectivity index (χ3v) is 3.25. The Morgan fingerprint density at radius 2 is 1.15 bits per heavy atom. The van der Waals surface area contributed by atoms with Crippen LogP contribution in [-0.2, 0) is 0 Å². The topological polar surface area (TPSA) is 87.9 Å². The molecule has 0 saturated heterocycles. The number of rotatable bonds is 5. The second kappa shape index (κ2) is 7.80. The Balaban J connectivity index is 1.56.